The average molecular weight is 652 g/mol. The number of hydrogen-bond acceptors (Lipinski definition) is 8. The van der Waals surface area contributed by atoms with Gasteiger partial charge < -0.3 is 23.8 Å². The molecule has 5 rings (SSSR count). The van der Waals surface area contributed by atoms with Crippen LogP contribution in [-0.4, -0.2) is 75.3 Å². The smallest absolute Gasteiger partial charge is 0.280 e. The maximum atomic E-state index is 11.9. The summed E-state index contributed by atoms with van der Waals surface area (Å²) in [6.45, 7) is 9.87. The lowest BCUT2D eigenvalue weighted by Gasteiger charge is -2.32. The number of rotatable bonds is 14. The number of ether oxygens (including phenoxy) is 4. The van der Waals surface area contributed by atoms with Crippen LogP contribution in [0, 0.1) is 10.1 Å². The molecule has 0 amide bonds. The quantitative estimate of drug-likeness (QED) is 0.0778. The molecule has 252 valence electrons. The number of allylic oxidation sites excluding steroid dienone is 1. The SMILES string of the molecule is CC/C(=C(/c1ccc(OCCN2CCN(C)CC2)cc1)c1ccc(OC(C)c2cc(OC)c(OC)cc2[N+](=O)[O-])cc1)c1ccccc1. The molecule has 1 atom stereocenters. The van der Waals surface area contributed by atoms with Crippen LogP contribution in [0.25, 0.3) is 11.1 Å². The number of methoxy groups -OCH3 is 2. The molecular formula is C39H45N3O6. The first-order valence-corrected chi connectivity index (χ1v) is 16.4. The monoisotopic (exact) mass is 651 g/mol. The van der Waals surface area contributed by atoms with Crippen LogP contribution in [0.1, 0.15) is 48.6 Å². The van der Waals surface area contributed by atoms with Gasteiger partial charge in [0.1, 0.15) is 24.2 Å². The van der Waals surface area contributed by atoms with E-state index < -0.39 is 11.0 Å². The molecule has 0 bridgehead atoms. The maximum absolute atomic E-state index is 11.9. The van der Waals surface area contributed by atoms with E-state index in [9.17, 15) is 10.1 Å². The Balaban J connectivity index is 1.39. The van der Waals surface area contributed by atoms with Gasteiger partial charge >= 0.3 is 0 Å². The summed E-state index contributed by atoms with van der Waals surface area (Å²) >= 11 is 0. The predicted octanol–water partition coefficient (Wildman–Crippen LogP) is 7.75. The van der Waals surface area contributed by atoms with Crippen molar-refractivity contribution in [3.05, 3.63) is 123 Å². The molecule has 1 aliphatic heterocycles. The first kappa shape index (κ1) is 34.5. The van der Waals surface area contributed by atoms with Crippen LogP contribution < -0.4 is 18.9 Å². The van der Waals surface area contributed by atoms with Crippen molar-refractivity contribution < 1.29 is 23.9 Å². The molecule has 4 aromatic rings. The molecule has 0 aliphatic carbocycles. The number of piperazine rings is 1. The molecular weight excluding hydrogens is 606 g/mol. The summed E-state index contributed by atoms with van der Waals surface area (Å²) in [5, 5.41) is 11.9. The van der Waals surface area contributed by atoms with Gasteiger partial charge in [-0.15, -0.1) is 0 Å². The van der Waals surface area contributed by atoms with Gasteiger partial charge in [0.2, 0.25) is 0 Å². The fourth-order valence-electron chi connectivity index (χ4n) is 6.10. The second-order valence-electron chi connectivity index (χ2n) is 11.9. The Hall–Kier alpha value is -4.86. The maximum Gasteiger partial charge on any atom is 0.280 e. The number of benzene rings is 4. The van der Waals surface area contributed by atoms with Crippen molar-refractivity contribution in [2.24, 2.45) is 0 Å². The highest BCUT2D eigenvalue weighted by Gasteiger charge is 2.25. The van der Waals surface area contributed by atoms with Gasteiger partial charge in [0.05, 0.1) is 30.8 Å². The Bertz CT molecular complexity index is 1680. The van der Waals surface area contributed by atoms with Crippen molar-refractivity contribution in [3.8, 4) is 23.0 Å². The van der Waals surface area contributed by atoms with E-state index in [4.69, 9.17) is 18.9 Å². The molecule has 4 aromatic carbocycles. The van der Waals surface area contributed by atoms with Crippen LogP contribution in [0.5, 0.6) is 23.0 Å². The summed E-state index contributed by atoms with van der Waals surface area (Å²) in [7, 11) is 5.12. The zero-order valence-corrected chi connectivity index (χ0v) is 28.5. The molecule has 1 saturated heterocycles. The van der Waals surface area contributed by atoms with Crippen LogP contribution in [0.3, 0.4) is 0 Å². The van der Waals surface area contributed by atoms with Crippen molar-refractivity contribution in [2.75, 3.05) is 60.6 Å². The summed E-state index contributed by atoms with van der Waals surface area (Å²) in [6.07, 6.45) is 0.214. The van der Waals surface area contributed by atoms with Gasteiger partial charge in [-0.2, -0.15) is 0 Å². The Morgan fingerprint density at radius 3 is 1.96 bits per heavy atom. The molecule has 9 heteroatoms. The Kier molecular flexibility index (Phi) is 11.7. The molecule has 48 heavy (non-hydrogen) atoms. The van der Waals surface area contributed by atoms with Gasteiger partial charge in [-0.3, -0.25) is 15.0 Å². The van der Waals surface area contributed by atoms with E-state index in [1.165, 1.54) is 25.9 Å². The third kappa shape index (κ3) is 8.34. The molecule has 1 aliphatic rings. The first-order valence-electron chi connectivity index (χ1n) is 16.4. The second-order valence-corrected chi connectivity index (χ2v) is 11.9. The van der Waals surface area contributed by atoms with E-state index in [-0.39, 0.29) is 5.69 Å². The lowest BCUT2D eigenvalue weighted by molar-refractivity contribution is -0.386. The van der Waals surface area contributed by atoms with Crippen molar-refractivity contribution in [2.45, 2.75) is 26.4 Å². The van der Waals surface area contributed by atoms with Gasteiger partial charge in [-0.1, -0.05) is 61.5 Å². The van der Waals surface area contributed by atoms with Gasteiger partial charge in [0, 0.05) is 32.7 Å². The first-order chi connectivity index (χ1) is 23.3. The second kappa shape index (κ2) is 16.3. The van der Waals surface area contributed by atoms with Crippen LogP contribution in [0.2, 0.25) is 0 Å². The average Bonchev–Trinajstić information content (AvgIpc) is 3.12. The highest BCUT2D eigenvalue weighted by molar-refractivity contribution is 5.98. The van der Waals surface area contributed by atoms with E-state index in [1.807, 2.05) is 42.5 Å². The molecule has 1 fully saturated rings. The van der Waals surface area contributed by atoms with Crippen LogP contribution in [-0.2, 0) is 0 Å². The summed E-state index contributed by atoms with van der Waals surface area (Å²) in [4.78, 5) is 16.3. The van der Waals surface area contributed by atoms with Gasteiger partial charge in [-0.25, -0.2) is 0 Å². The summed E-state index contributed by atoms with van der Waals surface area (Å²) < 4.78 is 23.1. The van der Waals surface area contributed by atoms with E-state index in [1.54, 1.807) is 13.0 Å². The number of nitro benzene ring substituents is 1. The Labute approximate surface area is 283 Å². The summed E-state index contributed by atoms with van der Waals surface area (Å²) in [6, 6.07) is 29.7. The standard InChI is InChI=1S/C39H45N3O6/c1-6-34(29-10-8-7-9-11-29)39(30-12-16-32(17-13-30)47-25-24-41-22-20-40(3)21-23-41)31-14-18-33(19-15-31)48-28(2)35-26-37(45-4)38(46-5)27-36(35)42(43)44/h7-19,26-28H,6,20-25H2,1-5H3/b39-34+. The van der Waals surface area contributed by atoms with E-state index >= 15 is 0 Å². The van der Waals surface area contributed by atoms with Crippen LogP contribution in [0.4, 0.5) is 5.69 Å². The van der Waals surface area contributed by atoms with Crippen molar-refractivity contribution in [1.29, 1.82) is 0 Å². The van der Waals surface area contributed by atoms with Crippen LogP contribution >= 0.6 is 0 Å². The third-order valence-electron chi connectivity index (χ3n) is 8.82. The zero-order valence-electron chi connectivity index (χ0n) is 28.5. The normalized spacial score (nSPS) is 14.9. The Morgan fingerprint density at radius 2 is 1.40 bits per heavy atom. The van der Waals surface area contributed by atoms with E-state index in [0.29, 0.717) is 29.4 Å². The predicted molar refractivity (Wildman–Crippen MR) is 190 cm³/mol. The lowest BCUT2D eigenvalue weighted by atomic mass is 9.88. The number of nitro groups is 1. The number of nitrogens with zero attached hydrogens (tertiary/aromatic N) is 3. The summed E-state index contributed by atoms with van der Waals surface area (Å²) in [5.41, 5.74) is 5.94. The fourth-order valence-corrected chi connectivity index (χ4v) is 6.10. The van der Waals surface area contributed by atoms with Crippen molar-refractivity contribution in [1.82, 2.24) is 9.80 Å². The topological polar surface area (TPSA) is 86.5 Å². The molecule has 1 heterocycles. The highest BCUT2D eigenvalue weighted by atomic mass is 16.6. The minimum absolute atomic E-state index is 0.0933. The largest absolute Gasteiger partial charge is 0.493 e. The van der Waals surface area contributed by atoms with Crippen LogP contribution in [0.15, 0.2) is 91.0 Å². The molecule has 0 N–H and O–H groups in total. The minimum atomic E-state index is -0.620. The highest BCUT2D eigenvalue weighted by Crippen LogP contribution is 2.40. The summed E-state index contributed by atoms with van der Waals surface area (Å²) in [5.74, 6) is 2.14. The van der Waals surface area contributed by atoms with Crippen molar-refractivity contribution >= 4 is 16.8 Å². The molecule has 0 spiro atoms. The molecule has 1 unspecified atom stereocenters. The number of hydrogen-bond donors (Lipinski definition) is 0. The zero-order chi connectivity index (χ0) is 34.0. The van der Waals surface area contributed by atoms with Crippen molar-refractivity contribution in [3.63, 3.8) is 0 Å². The van der Waals surface area contributed by atoms with Gasteiger partial charge in [0.25, 0.3) is 5.69 Å². The molecule has 0 radical (unpaired) electrons. The lowest BCUT2D eigenvalue weighted by Crippen LogP contribution is -2.45. The number of likely N-dealkylation sites (N-methyl/N-ethyl adjacent to an activating group) is 1. The Morgan fingerprint density at radius 1 is 0.812 bits per heavy atom. The molecule has 0 aromatic heterocycles. The van der Waals surface area contributed by atoms with Gasteiger partial charge in [-0.05, 0) is 78.6 Å². The fraction of sp³-hybridized carbons (Fsp3) is 0.333. The van der Waals surface area contributed by atoms with E-state index in [2.05, 4.69) is 60.2 Å². The third-order valence-corrected chi connectivity index (χ3v) is 8.82. The molecule has 9 nitrogen and oxygen atoms in total. The minimum Gasteiger partial charge on any atom is -0.493 e. The van der Waals surface area contributed by atoms with Gasteiger partial charge in [0.15, 0.2) is 11.5 Å². The van der Waals surface area contributed by atoms with E-state index in [0.717, 1.165) is 67.2 Å². The molecule has 0 saturated carbocycles.